The fourth-order valence-electron chi connectivity index (χ4n) is 3.00. The van der Waals surface area contributed by atoms with Crippen LogP contribution < -0.4 is 5.73 Å². The van der Waals surface area contributed by atoms with Crippen LogP contribution in [0, 0.1) is 17.6 Å². The van der Waals surface area contributed by atoms with E-state index in [9.17, 15) is 13.6 Å². The maximum absolute atomic E-state index is 13.2. The predicted molar refractivity (Wildman–Crippen MR) is 73.3 cm³/mol. The SMILES string of the molecule is CN(C(=O)c1cc(F)cc(F)c1)C1CCCCC1CN. The van der Waals surface area contributed by atoms with Crippen LogP contribution in [0.25, 0.3) is 0 Å². The van der Waals surface area contributed by atoms with Gasteiger partial charge in [-0.05, 0) is 37.4 Å². The number of amides is 1. The minimum absolute atomic E-state index is 0.0475. The Morgan fingerprint density at radius 3 is 2.45 bits per heavy atom. The molecule has 5 heteroatoms. The molecule has 0 spiro atoms. The minimum atomic E-state index is -0.735. The molecule has 1 saturated carbocycles. The number of nitrogens with two attached hydrogens (primary N) is 1. The Kier molecular flexibility index (Phi) is 4.70. The molecule has 1 amide bonds. The molecule has 0 radical (unpaired) electrons. The van der Waals surface area contributed by atoms with Gasteiger partial charge in [0.25, 0.3) is 5.91 Å². The molecule has 1 aromatic rings. The number of carbonyl (C=O) groups is 1. The summed E-state index contributed by atoms with van der Waals surface area (Å²) >= 11 is 0. The standard InChI is InChI=1S/C15H20F2N2O/c1-19(14-5-3-2-4-10(14)9-18)15(20)11-6-12(16)8-13(17)7-11/h6-8,10,14H,2-5,9,18H2,1H3. The number of hydrogen-bond donors (Lipinski definition) is 1. The summed E-state index contributed by atoms with van der Waals surface area (Å²) in [5.74, 6) is -1.56. The maximum atomic E-state index is 13.2. The quantitative estimate of drug-likeness (QED) is 0.926. The normalized spacial score (nSPS) is 22.6. The van der Waals surface area contributed by atoms with Crippen LogP contribution in [-0.4, -0.2) is 30.4 Å². The van der Waals surface area contributed by atoms with E-state index in [1.165, 1.54) is 0 Å². The summed E-state index contributed by atoms with van der Waals surface area (Å²) < 4.78 is 26.4. The second-order valence-corrected chi connectivity index (χ2v) is 5.42. The molecule has 0 bridgehead atoms. The molecule has 0 heterocycles. The summed E-state index contributed by atoms with van der Waals surface area (Å²) in [6, 6.07) is 2.96. The first kappa shape index (κ1) is 14.9. The maximum Gasteiger partial charge on any atom is 0.254 e. The lowest BCUT2D eigenvalue weighted by atomic mass is 9.83. The first-order chi connectivity index (χ1) is 9.52. The monoisotopic (exact) mass is 282 g/mol. The van der Waals surface area contributed by atoms with Crippen molar-refractivity contribution < 1.29 is 13.6 Å². The van der Waals surface area contributed by atoms with E-state index >= 15 is 0 Å². The number of nitrogens with zero attached hydrogens (tertiary/aromatic N) is 1. The van der Waals surface area contributed by atoms with Crippen LogP contribution in [0.15, 0.2) is 18.2 Å². The number of rotatable bonds is 3. The Morgan fingerprint density at radius 2 is 1.85 bits per heavy atom. The summed E-state index contributed by atoms with van der Waals surface area (Å²) in [6.45, 7) is 0.528. The number of benzene rings is 1. The van der Waals surface area contributed by atoms with Crippen LogP contribution in [0.5, 0.6) is 0 Å². The average molecular weight is 282 g/mol. The molecule has 0 aliphatic heterocycles. The second-order valence-electron chi connectivity index (χ2n) is 5.42. The lowest BCUT2D eigenvalue weighted by Gasteiger charge is -2.37. The van der Waals surface area contributed by atoms with Crippen LogP contribution in [-0.2, 0) is 0 Å². The summed E-state index contributed by atoms with van der Waals surface area (Å²) in [5, 5.41) is 0. The highest BCUT2D eigenvalue weighted by Gasteiger charge is 2.30. The molecule has 2 atom stereocenters. The Bertz CT molecular complexity index is 473. The fourth-order valence-corrected chi connectivity index (χ4v) is 3.00. The third kappa shape index (κ3) is 3.15. The van der Waals surface area contributed by atoms with Gasteiger partial charge in [0.2, 0.25) is 0 Å². The smallest absolute Gasteiger partial charge is 0.254 e. The highest BCUT2D eigenvalue weighted by atomic mass is 19.1. The van der Waals surface area contributed by atoms with Crippen LogP contribution >= 0.6 is 0 Å². The van der Waals surface area contributed by atoms with Crippen LogP contribution in [0.4, 0.5) is 8.78 Å². The van der Waals surface area contributed by atoms with Crippen molar-refractivity contribution in [3.05, 3.63) is 35.4 Å². The van der Waals surface area contributed by atoms with Gasteiger partial charge in [0.05, 0.1) is 0 Å². The Morgan fingerprint density at radius 1 is 1.25 bits per heavy atom. The van der Waals surface area contributed by atoms with Gasteiger partial charge < -0.3 is 10.6 Å². The molecule has 1 aliphatic carbocycles. The molecule has 1 fully saturated rings. The van der Waals surface area contributed by atoms with Gasteiger partial charge in [-0.25, -0.2) is 8.78 Å². The van der Waals surface area contributed by atoms with Crippen molar-refractivity contribution in [1.29, 1.82) is 0 Å². The molecule has 0 saturated heterocycles. The lowest BCUT2D eigenvalue weighted by molar-refractivity contribution is 0.0619. The second kappa shape index (κ2) is 6.31. The highest BCUT2D eigenvalue weighted by Crippen LogP contribution is 2.28. The molecule has 110 valence electrons. The molecule has 1 aliphatic rings. The molecule has 3 nitrogen and oxygen atoms in total. The summed E-state index contributed by atoms with van der Waals surface area (Å²) in [5.41, 5.74) is 5.81. The summed E-state index contributed by atoms with van der Waals surface area (Å²) in [4.78, 5) is 13.9. The van der Waals surface area contributed by atoms with Crippen molar-refractivity contribution in [2.45, 2.75) is 31.7 Å². The first-order valence-corrected chi connectivity index (χ1v) is 6.96. The van der Waals surface area contributed by atoms with Crippen molar-refractivity contribution in [2.24, 2.45) is 11.7 Å². The zero-order valence-electron chi connectivity index (χ0n) is 11.6. The van der Waals surface area contributed by atoms with E-state index in [0.717, 1.165) is 43.9 Å². The van der Waals surface area contributed by atoms with Gasteiger partial charge in [-0.1, -0.05) is 12.8 Å². The van der Waals surface area contributed by atoms with Crippen molar-refractivity contribution in [2.75, 3.05) is 13.6 Å². The average Bonchev–Trinajstić information content (AvgIpc) is 2.44. The number of hydrogen-bond acceptors (Lipinski definition) is 2. The molecule has 2 unspecified atom stereocenters. The Hall–Kier alpha value is -1.49. The largest absolute Gasteiger partial charge is 0.338 e. The van der Waals surface area contributed by atoms with Gasteiger partial charge in [-0.2, -0.15) is 0 Å². The van der Waals surface area contributed by atoms with E-state index in [1.54, 1.807) is 11.9 Å². The zero-order chi connectivity index (χ0) is 14.7. The summed E-state index contributed by atoms with van der Waals surface area (Å²) in [6.07, 6.45) is 4.06. The van der Waals surface area contributed by atoms with E-state index in [0.29, 0.717) is 6.54 Å². The lowest BCUT2D eigenvalue weighted by Crippen LogP contribution is -2.45. The van der Waals surface area contributed by atoms with Gasteiger partial charge in [0.1, 0.15) is 11.6 Å². The molecular formula is C15H20F2N2O. The van der Waals surface area contributed by atoms with Gasteiger partial charge in [-0.3, -0.25) is 4.79 Å². The number of carbonyl (C=O) groups excluding carboxylic acids is 1. The Labute approximate surface area is 117 Å². The Balaban J connectivity index is 2.18. The minimum Gasteiger partial charge on any atom is -0.338 e. The van der Waals surface area contributed by atoms with Crippen LogP contribution in [0.2, 0.25) is 0 Å². The molecule has 0 aromatic heterocycles. The van der Waals surface area contributed by atoms with Crippen LogP contribution in [0.3, 0.4) is 0 Å². The van der Waals surface area contributed by atoms with Gasteiger partial charge >= 0.3 is 0 Å². The molecule has 2 rings (SSSR count). The molecular weight excluding hydrogens is 262 g/mol. The third-order valence-corrected chi connectivity index (χ3v) is 4.10. The van der Waals surface area contributed by atoms with E-state index in [4.69, 9.17) is 5.73 Å². The van der Waals surface area contributed by atoms with Gasteiger partial charge in [-0.15, -0.1) is 0 Å². The molecule has 20 heavy (non-hydrogen) atoms. The topological polar surface area (TPSA) is 46.3 Å². The van der Waals surface area contributed by atoms with Gasteiger partial charge in [0.15, 0.2) is 0 Å². The zero-order valence-corrected chi connectivity index (χ0v) is 11.6. The predicted octanol–water partition coefficient (Wildman–Crippen LogP) is 2.55. The van der Waals surface area contributed by atoms with Crippen molar-refractivity contribution >= 4 is 5.91 Å². The first-order valence-electron chi connectivity index (χ1n) is 6.96. The molecule has 1 aromatic carbocycles. The fraction of sp³-hybridized carbons (Fsp3) is 0.533. The summed E-state index contributed by atoms with van der Waals surface area (Å²) in [7, 11) is 1.68. The molecule has 2 N–H and O–H groups in total. The highest BCUT2D eigenvalue weighted by molar-refractivity contribution is 5.94. The van der Waals surface area contributed by atoms with E-state index in [-0.39, 0.29) is 23.4 Å². The van der Waals surface area contributed by atoms with Crippen LogP contribution in [0.1, 0.15) is 36.0 Å². The van der Waals surface area contributed by atoms with E-state index < -0.39 is 11.6 Å². The number of halogens is 2. The van der Waals surface area contributed by atoms with Crippen molar-refractivity contribution in [3.63, 3.8) is 0 Å². The van der Waals surface area contributed by atoms with Crippen molar-refractivity contribution in [1.82, 2.24) is 4.90 Å². The third-order valence-electron chi connectivity index (χ3n) is 4.10. The van der Waals surface area contributed by atoms with E-state index in [1.807, 2.05) is 0 Å². The van der Waals surface area contributed by atoms with E-state index in [2.05, 4.69) is 0 Å². The van der Waals surface area contributed by atoms with Crippen molar-refractivity contribution in [3.8, 4) is 0 Å². The van der Waals surface area contributed by atoms with Gasteiger partial charge in [0, 0.05) is 24.7 Å².